The molecule has 9 nitrogen and oxygen atoms in total. The Labute approximate surface area is 166 Å². The van der Waals surface area contributed by atoms with Gasteiger partial charge in [0.15, 0.2) is 0 Å². The molecule has 1 N–H and O–H groups in total. The number of amides is 1. The first kappa shape index (κ1) is 19.0. The summed E-state index contributed by atoms with van der Waals surface area (Å²) in [6.07, 6.45) is -0.112. The first-order chi connectivity index (χ1) is 14.0. The number of rotatable bonds is 4. The molecular formula is C20H19N3O6. The molecule has 2 heterocycles. The standard InChI is InChI=1S/C20H19N3O6/c1-28-19(26)15-11-8-9-12(16(24)20(27)29-2)13(11)14-17(21-15)22-23(18(14)25)10-6-4-3-5-7-10/h3-7,11-12,17,22H,8-9H2,1-2H3/t11-,12+,17+/m0/s1. The molecule has 29 heavy (non-hydrogen) atoms. The summed E-state index contributed by atoms with van der Waals surface area (Å²) in [5, 5.41) is 1.34. The first-order valence-corrected chi connectivity index (χ1v) is 9.15. The topological polar surface area (TPSA) is 114 Å². The van der Waals surface area contributed by atoms with Crippen LogP contribution in [-0.2, 0) is 28.7 Å². The van der Waals surface area contributed by atoms with Crippen LogP contribution in [0, 0.1) is 11.8 Å². The third kappa shape index (κ3) is 2.94. The predicted molar refractivity (Wildman–Crippen MR) is 101 cm³/mol. The summed E-state index contributed by atoms with van der Waals surface area (Å²) in [7, 11) is 2.38. The highest BCUT2D eigenvalue weighted by Gasteiger charge is 2.51. The second kappa shape index (κ2) is 7.25. The summed E-state index contributed by atoms with van der Waals surface area (Å²) >= 11 is 0. The molecule has 3 atom stereocenters. The molecule has 150 valence electrons. The van der Waals surface area contributed by atoms with Crippen molar-refractivity contribution in [2.24, 2.45) is 16.8 Å². The Morgan fingerprint density at radius 1 is 1.10 bits per heavy atom. The van der Waals surface area contributed by atoms with Gasteiger partial charge >= 0.3 is 11.9 Å². The Balaban J connectivity index is 1.82. The van der Waals surface area contributed by atoms with Gasteiger partial charge < -0.3 is 9.47 Å². The minimum absolute atomic E-state index is 0.145. The van der Waals surface area contributed by atoms with E-state index >= 15 is 0 Å². The molecule has 1 aromatic rings. The van der Waals surface area contributed by atoms with Gasteiger partial charge in [-0.3, -0.25) is 14.6 Å². The van der Waals surface area contributed by atoms with Crippen LogP contribution in [0.3, 0.4) is 0 Å². The van der Waals surface area contributed by atoms with E-state index < -0.39 is 35.7 Å². The van der Waals surface area contributed by atoms with Crippen molar-refractivity contribution in [3.8, 4) is 0 Å². The second-order valence-corrected chi connectivity index (χ2v) is 6.92. The average Bonchev–Trinajstić information content (AvgIpc) is 3.33. The molecule has 1 saturated carbocycles. The number of ether oxygens (including phenoxy) is 2. The fraction of sp³-hybridized carbons (Fsp3) is 0.350. The number of hydrogen-bond donors (Lipinski definition) is 1. The number of fused-ring (bicyclic) bond motifs is 2. The maximum Gasteiger partial charge on any atom is 0.374 e. The van der Waals surface area contributed by atoms with Gasteiger partial charge in [0.05, 0.1) is 31.4 Å². The van der Waals surface area contributed by atoms with Crippen molar-refractivity contribution in [1.82, 2.24) is 5.43 Å². The maximum atomic E-state index is 13.2. The van der Waals surface area contributed by atoms with Crippen LogP contribution in [0.4, 0.5) is 5.69 Å². The highest BCUT2D eigenvalue weighted by Crippen LogP contribution is 2.45. The number of benzene rings is 1. The molecule has 0 spiro atoms. The van der Waals surface area contributed by atoms with Crippen LogP contribution in [0.15, 0.2) is 46.5 Å². The molecule has 0 aromatic heterocycles. The zero-order valence-corrected chi connectivity index (χ0v) is 15.9. The molecule has 0 radical (unpaired) electrons. The largest absolute Gasteiger partial charge is 0.465 e. The zero-order valence-electron chi connectivity index (χ0n) is 15.9. The number of aliphatic imine (C=N–C) groups is 1. The number of nitrogens with zero attached hydrogens (tertiary/aromatic N) is 2. The summed E-state index contributed by atoms with van der Waals surface area (Å²) < 4.78 is 9.44. The van der Waals surface area contributed by atoms with Gasteiger partial charge in [-0.15, -0.1) is 0 Å². The fourth-order valence-corrected chi connectivity index (χ4v) is 4.22. The van der Waals surface area contributed by atoms with Crippen molar-refractivity contribution >= 4 is 35.0 Å². The summed E-state index contributed by atoms with van der Waals surface area (Å²) in [4.78, 5) is 54.5. The third-order valence-electron chi connectivity index (χ3n) is 5.47. The first-order valence-electron chi connectivity index (χ1n) is 9.15. The van der Waals surface area contributed by atoms with E-state index in [9.17, 15) is 19.2 Å². The number of anilines is 1. The number of dihydropyridines is 1. The number of allylic oxidation sites excluding steroid dienone is 1. The number of esters is 2. The van der Waals surface area contributed by atoms with E-state index in [1.807, 2.05) is 6.07 Å². The van der Waals surface area contributed by atoms with Gasteiger partial charge in [-0.05, 0) is 30.5 Å². The van der Waals surface area contributed by atoms with E-state index in [4.69, 9.17) is 4.74 Å². The van der Waals surface area contributed by atoms with Crippen LogP contribution < -0.4 is 10.4 Å². The molecule has 2 aliphatic heterocycles. The van der Waals surface area contributed by atoms with E-state index in [-0.39, 0.29) is 11.6 Å². The molecule has 2 fully saturated rings. The van der Waals surface area contributed by atoms with Crippen molar-refractivity contribution in [1.29, 1.82) is 0 Å². The SMILES string of the molecule is COC(=O)C(=O)[C@@H]1CC[C@@H]2C(C(=O)OC)=N[C@@H]3NN(c4ccccc4)C(=O)C3=C21. The average molecular weight is 397 g/mol. The molecular weight excluding hydrogens is 378 g/mol. The van der Waals surface area contributed by atoms with E-state index in [0.717, 1.165) is 7.11 Å². The number of carbonyl (C=O) groups is 4. The third-order valence-corrected chi connectivity index (χ3v) is 5.47. The minimum atomic E-state index is -0.972. The Bertz CT molecular complexity index is 960. The lowest BCUT2D eigenvalue weighted by atomic mass is 9.83. The fourth-order valence-electron chi connectivity index (χ4n) is 4.22. The van der Waals surface area contributed by atoms with E-state index in [1.54, 1.807) is 24.3 Å². The van der Waals surface area contributed by atoms with Crippen LogP contribution in [0.2, 0.25) is 0 Å². The maximum absolute atomic E-state index is 13.2. The number of Topliss-reactive ketones (excluding diaryl/α,β-unsaturated/α-hetero) is 1. The predicted octanol–water partition coefficient (Wildman–Crippen LogP) is 0.556. The molecule has 9 heteroatoms. The van der Waals surface area contributed by atoms with Crippen molar-refractivity contribution in [3.05, 3.63) is 41.5 Å². The number of para-hydroxylation sites is 1. The smallest absolute Gasteiger partial charge is 0.374 e. The van der Waals surface area contributed by atoms with Crippen molar-refractivity contribution in [3.63, 3.8) is 0 Å². The highest BCUT2D eigenvalue weighted by molar-refractivity contribution is 6.40. The number of hydrazine groups is 1. The molecule has 3 aliphatic rings. The van der Waals surface area contributed by atoms with Crippen LogP contribution in [0.25, 0.3) is 0 Å². The molecule has 1 aliphatic carbocycles. The van der Waals surface area contributed by atoms with Gasteiger partial charge in [-0.25, -0.2) is 14.6 Å². The molecule has 0 unspecified atom stereocenters. The molecule has 1 aromatic carbocycles. The lowest BCUT2D eigenvalue weighted by molar-refractivity contribution is -0.153. The Morgan fingerprint density at radius 2 is 1.83 bits per heavy atom. The van der Waals surface area contributed by atoms with E-state index in [1.165, 1.54) is 12.1 Å². The summed E-state index contributed by atoms with van der Waals surface area (Å²) in [5.41, 5.74) is 4.48. The summed E-state index contributed by atoms with van der Waals surface area (Å²) in [6.45, 7) is 0. The van der Waals surface area contributed by atoms with Crippen LogP contribution >= 0.6 is 0 Å². The lowest BCUT2D eigenvalue weighted by Gasteiger charge is -2.24. The second-order valence-electron chi connectivity index (χ2n) is 6.92. The molecule has 1 amide bonds. The van der Waals surface area contributed by atoms with Gasteiger partial charge in [-0.2, -0.15) is 5.43 Å². The lowest BCUT2D eigenvalue weighted by Crippen LogP contribution is -2.39. The number of methoxy groups -OCH3 is 2. The number of hydrogen-bond acceptors (Lipinski definition) is 8. The highest BCUT2D eigenvalue weighted by atomic mass is 16.5. The molecule has 1 saturated heterocycles. The zero-order chi connectivity index (χ0) is 20.7. The van der Waals surface area contributed by atoms with Gasteiger partial charge in [0.1, 0.15) is 11.9 Å². The Morgan fingerprint density at radius 3 is 2.48 bits per heavy atom. The van der Waals surface area contributed by atoms with Crippen LogP contribution in [-0.4, -0.2) is 49.7 Å². The monoisotopic (exact) mass is 397 g/mol. The van der Waals surface area contributed by atoms with Gasteiger partial charge in [0, 0.05) is 5.92 Å². The van der Waals surface area contributed by atoms with Crippen molar-refractivity contribution in [2.75, 3.05) is 19.2 Å². The normalized spacial score (nSPS) is 25.3. The van der Waals surface area contributed by atoms with E-state index in [2.05, 4.69) is 15.2 Å². The Kier molecular flexibility index (Phi) is 4.75. The quantitative estimate of drug-likeness (QED) is 0.583. The van der Waals surface area contributed by atoms with Gasteiger partial charge in [-0.1, -0.05) is 18.2 Å². The van der Waals surface area contributed by atoms with E-state index in [0.29, 0.717) is 29.7 Å². The van der Waals surface area contributed by atoms with Gasteiger partial charge in [0.2, 0.25) is 5.78 Å². The number of carbonyl (C=O) groups excluding carboxylic acids is 4. The number of nitrogens with one attached hydrogen (secondary N) is 1. The van der Waals surface area contributed by atoms with Crippen molar-refractivity contribution in [2.45, 2.75) is 19.0 Å². The van der Waals surface area contributed by atoms with Gasteiger partial charge in [0.25, 0.3) is 5.91 Å². The molecule has 4 rings (SSSR count). The summed E-state index contributed by atoms with van der Waals surface area (Å²) in [6, 6.07) is 8.90. The van der Waals surface area contributed by atoms with Crippen LogP contribution in [0.1, 0.15) is 12.8 Å². The number of ketones is 1. The minimum Gasteiger partial charge on any atom is -0.465 e. The molecule has 0 bridgehead atoms. The van der Waals surface area contributed by atoms with Crippen LogP contribution in [0.5, 0.6) is 0 Å². The summed E-state index contributed by atoms with van der Waals surface area (Å²) in [5.74, 6) is -4.06. The van der Waals surface area contributed by atoms with Crippen molar-refractivity contribution < 1.29 is 28.7 Å². The Hall–Kier alpha value is -3.33.